The highest BCUT2D eigenvalue weighted by Gasteiger charge is 2.21. The number of aryl methyl sites for hydroxylation is 1. The van der Waals surface area contributed by atoms with Crippen molar-refractivity contribution >= 4 is 34.5 Å². The number of fused-ring (bicyclic) bond motifs is 1. The molecule has 0 aliphatic carbocycles. The van der Waals surface area contributed by atoms with Crippen LogP contribution >= 0.6 is 11.8 Å². The first-order chi connectivity index (χ1) is 14.9. The monoisotopic (exact) mass is 444 g/mol. The number of furan rings is 1. The normalized spacial score (nSPS) is 12.0. The molecule has 0 spiro atoms. The van der Waals surface area contributed by atoms with Gasteiger partial charge < -0.3 is 19.8 Å². The molecule has 1 unspecified atom stereocenters. The van der Waals surface area contributed by atoms with E-state index in [0.29, 0.717) is 40.3 Å². The van der Waals surface area contributed by atoms with Crippen molar-refractivity contribution < 1.29 is 23.1 Å². The third kappa shape index (κ3) is 5.65. The summed E-state index contributed by atoms with van der Waals surface area (Å²) in [6.07, 6.45) is 0. The molecule has 31 heavy (non-hydrogen) atoms. The van der Waals surface area contributed by atoms with E-state index in [1.165, 1.54) is 23.9 Å². The molecule has 2 amide bonds. The number of halogens is 1. The number of ether oxygens (including phenoxy) is 1. The van der Waals surface area contributed by atoms with E-state index < -0.39 is 6.04 Å². The lowest BCUT2D eigenvalue weighted by molar-refractivity contribution is -0.118. The number of rotatable bonds is 9. The Morgan fingerprint density at radius 3 is 2.77 bits per heavy atom. The summed E-state index contributed by atoms with van der Waals surface area (Å²) in [5.74, 6) is 0.0308. The largest absolute Gasteiger partial charge is 0.459 e. The van der Waals surface area contributed by atoms with E-state index >= 15 is 0 Å². The summed E-state index contributed by atoms with van der Waals surface area (Å²) in [5, 5.41) is 6.38. The minimum atomic E-state index is -0.418. The zero-order valence-corrected chi connectivity index (χ0v) is 18.5. The van der Waals surface area contributed by atoms with Gasteiger partial charge in [-0.3, -0.25) is 9.59 Å². The second-order valence-corrected chi connectivity index (χ2v) is 8.07. The van der Waals surface area contributed by atoms with Gasteiger partial charge in [0.05, 0.1) is 24.0 Å². The predicted molar refractivity (Wildman–Crippen MR) is 119 cm³/mol. The maximum Gasteiger partial charge on any atom is 0.252 e. The molecular formula is C23H25FN2O4S. The molecule has 0 saturated carbocycles. The minimum absolute atomic E-state index is 0.129. The summed E-state index contributed by atoms with van der Waals surface area (Å²) in [5.41, 5.74) is 1.84. The van der Waals surface area contributed by atoms with Crippen LogP contribution in [0.1, 0.15) is 34.6 Å². The zero-order chi connectivity index (χ0) is 22.4. The van der Waals surface area contributed by atoms with Crippen molar-refractivity contribution in [3.05, 3.63) is 65.2 Å². The Balaban J connectivity index is 1.69. The summed E-state index contributed by atoms with van der Waals surface area (Å²) in [7, 11) is 1.57. The number of carbonyl (C=O) groups excluding carboxylic acids is 2. The molecule has 2 aromatic carbocycles. The second kappa shape index (κ2) is 10.5. The summed E-state index contributed by atoms with van der Waals surface area (Å²) in [4.78, 5) is 25.6. The third-order valence-corrected chi connectivity index (χ3v) is 5.87. The van der Waals surface area contributed by atoms with E-state index in [4.69, 9.17) is 9.15 Å². The molecule has 1 heterocycles. The summed E-state index contributed by atoms with van der Waals surface area (Å²) in [6.45, 7) is 4.55. The average Bonchev–Trinajstić information content (AvgIpc) is 3.08. The van der Waals surface area contributed by atoms with Gasteiger partial charge in [-0.25, -0.2) is 4.39 Å². The van der Waals surface area contributed by atoms with Crippen LogP contribution in [-0.2, 0) is 9.53 Å². The van der Waals surface area contributed by atoms with Crippen LogP contribution < -0.4 is 10.6 Å². The Morgan fingerprint density at radius 2 is 2.00 bits per heavy atom. The van der Waals surface area contributed by atoms with E-state index in [9.17, 15) is 14.0 Å². The summed E-state index contributed by atoms with van der Waals surface area (Å²) >= 11 is 1.29. The van der Waals surface area contributed by atoms with Gasteiger partial charge in [0.2, 0.25) is 5.91 Å². The van der Waals surface area contributed by atoms with Crippen LogP contribution in [0.2, 0.25) is 0 Å². The van der Waals surface area contributed by atoms with Gasteiger partial charge in [-0.2, -0.15) is 0 Å². The maximum atomic E-state index is 13.6. The van der Waals surface area contributed by atoms with Gasteiger partial charge in [0.1, 0.15) is 17.2 Å². The fourth-order valence-electron chi connectivity index (χ4n) is 3.23. The first-order valence-electron chi connectivity index (χ1n) is 9.87. The first kappa shape index (κ1) is 22.8. The highest BCUT2D eigenvalue weighted by atomic mass is 32.2. The molecule has 0 aliphatic heterocycles. The number of benzene rings is 2. The van der Waals surface area contributed by atoms with Crippen molar-refractivity contribution in [1.82, 2.24) is 10.6 Å². The number of thioether (sulfide) groups is 1. The van der Waals surface area contributed by atoms with Crippen LogP contribution in [0.5, 0.6) is 0 Å². The van der Waals surface area contributed by atoms with E-state index in [1.807, 2.05) is 26.0 Å². The number of nitrogens with one attached hydrogen (secondary N) is 2. The molecule has 1 atom stereocenters. The van der Waals surface area contributed by atoms with E-state index in [0.717, 1.165) is 5.56 Å². The number of hydrogen-bond acceptors (Lipinski definition) is 5. The fraction of sp³-hybridized carbons (Fsp3) is 0.304. The third-order valence-electron chi connectivity index (χ3n) is 4.79. The van der Waals surface area contributed by atoms with Crippen LogP contribution in [0, 0.1) is 12.7 Å². The highest BCUT2D eigenvalue weighted by molar-refractivity contribution is 8.00. The molecule has 0 bridgehead atoms. The van der Waals surface area contributed by atoms with Gasteiger partial charge in [0, 0.05) is 29.5 Å². The maximum absolute atomic E-state index is 13.6. The zero-order valence-electron chi connectivity index (χ0n) is 17.7. The van der Waals surface area contributed by atoms with Crippen molar-refractivity contribution in [2.75, 3.05) is 26.0 Å². The molecule has 3 rings (SSSR count). The molecule has 164 valence electrons. The molecule has 6 nitrogen and oxygen atoms in total. The van der Waals surface area contributed by atoms with Gasteiger partial charge in [-0.15, -0.1) is 11.8 Å². The Labute approximate surface area is 184 Å². The van der Waals surface area contributed by atoms with Crippen LogP contribution in [0.25, 0.3) is 11.0 Å². The number of amides is 2. The van der Waals surface area contributed by atoms with Crippen molar-refractivity contribution in [2.24, 2.45) is 0 Å². The Morgan fingerprint density at radius 1 is 1.23 bits per heavy atom. The second-order valence-electron chi connectivity index (χ2n) is 7.05. The van der Waals surface area contributed by atoms with Gasteiger partial charge in [-0.05, 0) is 44.2 Å². The van der Waals surface area contributed by atoms with Crippen molar-refractivity contribution in [3.8, 4) is 0 Å². The van der Waals surface area contributed by atoms with Gasteiger partial charge >= 0.3 is 0 Å². The van der Waals surface area contributed by atoms with Gasteiger partial charge in [0.25, 0.3) is 5.91 Å². The van der Waals surface area contributed by atoms with Crippen LogP contribution in [-0.4, -0.2) is 37.8 Å². The number of methoxy groups -OCH3 is 1. The average molecular weight is 445 g/mol. The summed E-state index contributed by atoms with van der Waals surface area (Å²) in [6, 6.07) is 11.1. The quantitative estimate of drug-likeness (QED) is 0.381. The minimum Gasteiger partial charge on any atom is -0.459 e. The molecule has 0 radical (unpaired) electrons. The summed E-state index contributed by atoms with van der Waals surface area (Å²) < 4.78 is 24.3. The SMILES string of the molecule is COCCNC(=O)CSc1ccccc1C(=O)NC(C)c1oc2ccc(F)cc2c1C. The van der Waals surface area contributed by atoms with Crippen LogP contribution in [0.15, 0.2) is 51.8 Å². The van der Waals surface area contributed by atoms with Crippen molar-refractivity contribution in [3.63, 3.8) is 0 Å². The lowest BCUT2D eigenvalue weighted by Crippen LogP contribution is -2.29. The Bertz CT molecular complexity index is 1080. The Kier molecular flexibility index (Phi) is 7.70. The lowest BCUT2D eigenvalue weighted by atomic mass is 10.1. The highest BCUT2D eigenvalue weighted by Crippen LogP contribution is 2.30. The molecule has 8 heteroatoms. The molecule has 1 aromatic heterocycles. The topological polar surface area (TPSA) is 80.6 Å². The molecule has 3 aromatic rings. The van der Waals surface area contributed by atoms with Gasteiger partial charge in [0.15, 0.2) is 0 Å². The van der Waals surface area contributed by atoms with Crippen molar-refractivity contribution in [2.45, 2.75) is 24.8 Å². The molecule has 0 aliphatic rings. The van der Waals surface area contributed by atoms with E-state index in [1.54, 1.807) is 25.3 Å². The molecule has 2 N–H and O–H groups in total. The standard InChI is InChI=1S/C23H25FN2O4S/c1-14-18-12-16(24)8-9-19(18)30-22(14)15(2)26-23(28)17-6-4-5-7-20(17)31-13-21(27)25-10-11-29-3/h4-9,12,15H,10-11,13H2,1-3H3,(H,25,27)(H,26,28). The lowest BCUT2D eigenvalue weighted by Gasteiger charge is -2.15. The number of carbonyl (C=O) groups is 2. The smallest absolute Gasteiger partial charge is 0.252 e. The van der Waals surface area contributed by atoms with E-state index in [2.05, 4.69) is 10.6 Å². The number of hydrogen-bond donors (Lipinski definition) is 2. The van der Waals surface area contributed by atoms with Crippen LogP contribution in [0.3, 0.4) is 0 Å². The Hall–Kier alpha value is -2.84. The molecule has 0 saturated heterocycles. The van der Waals surface area contributed by atoms with Gasteiger partial charge in [-0.1, -0.05) is 12.1 Å². The van der Waals surface area contributed by atoms with Crippen LogP contribution in [0.4, 0.5) is 4.39 Å². The first-order valence-corrected chi connectivity index (χ1v) is 10.9. The van der Waals surface area contributed by atoms with E-state index in [-0.39, 0.29) is 23.4 Å². The molecule has 0 fully saturated rings. The fourth-order valence-corrected chi connectivity index (χ4v) is 4.11. The predicted octanol–water partition coefficient (Wildman–Crippen LogP) is 4.23. The van der Waals surface area contributed by atoms with Crippen molar-refractivity contribution in [1.29, 1.82) is 0 Å². The molecular weight excluding hydrogens is 419 g/mol.